The van der Waals surface area contributed by atoms with Gasteiger partial charge in [-0.25, -0.2) is 9.69 Å². The Bertz CT molecular complexity index is 703. The quantitative estimate of drug-likeness (QED) is 0.650. The number of ether oxygens (including phenoxy) is 1. The third kappa shape index (κ3) is 5.45. The van der Waals surface area contributed by atoms with Gasteiger partial charge in [-0.3, -0.25) is 4.79 Å². The maximum absolute atomic E-state index is 12.8. The number of imide groups is 1. The van der Waals surface area contributed by atoms with Crippen LogP contribution in [0.2, 0.25) is 18.1 Å². The second kappa shape index (κ2) is 7.99. The van der Waals surface area contributed by atoms with Gasteiger partial charge in [-0.1, -0.05) is 51.1 Å². The van der Waals surface area contributed by atoms with Crippen LogP contribution in [0.25, 0.3) is 0 Å². The molecule has 1 aliphatic rings. The van der Waals surface area contributed by atoms with Crippen molar-refractivity contribution >= 4 is 20.3 Å². The Balaban J connectivity index is 2.33. The van der Waals surface area contributed by atoms with Crippen LogP contribution in [0.1, 0.15) is 53.5 Å². The molecule has 0 bridgehead atoms. The monoisotopic (exact) mass is 405 g/mol. The molecule has 1 aromatic rings. The minimum Gasteiger partial charge on any atom is -0.443 e. The van der Waals surface area contributed by atoms with Crippen molar-refractivity contribution in [3.05, 3.63) is 35.9 Å². The standard InChI is InChI=1S/C22H35NO4Si/c1-21(2,3)26-20(25)23-17(14-16-12-10-9-11-13-16)18(15-19(23)24)27-28(7,8)22(4,5)6/h9-13,17-18H,14-15H2,1-8H3/t17-,18+/m0/s1. The third-order valence-corrected chi connectivity index (χ3v) is 10.0. The van der Waals surface area contributed by atoms with E-state index in [0.29, 0.717) is 6.42 Å². The van der Waals surface area contributed by atoms with E-state index < -0.39 is 20.0 Å². The van der Waals surface area contributed by atoms with E-state index in [-0.39, 0.29) is 29.5 Å². The van der Waals surface area contributed by atoms with E-state index in [4.69, 9.17) is 9.16 Å². The summed E-state index contributed by atoms with van der Waals surface area (Å²) in [5, 5.41) is 0.0205. The molecule has 2 atom stereocenters. The molecular formula is C22H35NO4Si. The molecule has 1 heterocycles. The Morgan fingerprint density at radius 3 is 2.18 bits per heavy atom. The number of carbonyl (C=O) groups is 2. The SMILES string of the molecule is CC(C)(C)OC(=O)N1C(=O)C[C@@H](O[Si](C)(C)C(C)(C)C)[C@@H]1Cc1ccccc1. The van der Waals surface area contributed by atoms with E-state index in [1.165, 1.54) is 4.90 Å². The summed E-state index contributed by atoms with van der Waals surface area (Å²) in [6.07, 6.45) is -0.130. The Morgan fingerprint density at radius 2 is 1.68 bits per heavy atom. The zero-order chi connectivity index (χ0) is 21.3. The fourth-order valence-electron chi connectivity index (χ4n) is 3.06. The number of hydrogen-bond acceptors (Lipinski definition) is 4. The van der Waals surface area contributed by atoms with Gasteiger partial charge in [0.05, 0.1) is 18.6 Å². The summed E-state index contributed by atoms with van der Waals surface area (Å²) in [7, 11) is -2.10. The molecule has 0 aliphatic carbocycles. The van der Waals surface area contributed by atoms with Crippen LogP contribution in [0, 0.1) is 0 Å². The average Bonchev–Trinajstić information content (AvgIpc) is 2.80. The second-order valence-electron chi connectivity index (χ2n) is 10.1. The van der Waals surface area contributed by atoms with Gasteiger partial charge < -0.3 is 9.16 Å². The smallest absolute Gasteiger partial charge is 0.417 e. The first-order valence-corrected chi connectivity index (χ1v) is 12.9. The second-order valence-corrected chi connectivity index (χ2v) is 14.9. The van der Waals surface area contributed by atoms with Crippen LogP contribution >= 0.6 is 0 Å². The van der Waals surface area contributed by atoms with Gasteiger partial charge in [0.15, 0.2) is 8.32 Å². The fourth-order valence-corrected chi connectivity index (χ4v) is 4.41. The molecule has 2 rings (SSSR count). The highest BCUT2D eigenvalue weighted by Crippen LogP contribution is 2.40. The maximum Gasteiger partial charge on any atom is 0.417 e. The first kappa shape index (κ1) is 22.6. The Hall–Kier alpha value is -1.66. The lowest BCUT2D eigenvalue weighted by Crippen LogP contribution is -2.50. The largest absolute Gasteiger partial charge is 0.443 e. The predicted molar refractivity (Wildman–Crippen MR) is 114 cm³/mol. The van der Waals surface area contributed by atoms with E-state index in [1.807, 2.05) is 30.3 Å². The molecule has 6 heteroatoms. The van der Waals surface area contributed by atoms with Crippen LogP contribution in [-0.4, -0.2) is 43.0 Å². The van der Waals surface area contributed by atoms with Crippen molar-refractivity contribution in [1.29, 1.82) is 0 Å². The molecule has 156 valence electrons. The highest BCUT2D eigenvalue weighted by atomic mass is 28.4. The van der Waals surface area contributed by atoms with Crippen molar-refractivity contribution < 1.29 is 18.8 Å². The molecule has 0 radical (unpaired) electrons. The summed E-state index contributed by atoms with van der Waals surface area (Å²) >= 11 is 0. The van der Waals surface area contributed by atoms with E-state index in [0.717, 1.165) is 5.56 Å². The molecular weight excluding hydrogens is 370 g/mol. The summed E-state index contributed by atoms with van der Waals surface area (Å²) < 4.78 is 12.1. The molecule has 1 fully saturated rings. The number of benzene rings is 1. The highest BCUT2D eigenvalue weighted by molar-refractivity contribution is 6.74. The van der Waals surface area contributed by atoms with E-state index >= 15 is 0 Å². The Kier molecular flexibility index (Phi) is 6.46. The molecule has 28 heavy (non-hydrogen) atoms. The molecule has 5 nitrogen and oxygen atoms in total. The summed E-state index contributed by atoms with van der Waals surface area (Å²) in [6.45, 7) is 16.3. The van der Waals surface area contributed by atoms with Crippen molar-refractivity contribution in [3.8, 4) is 0 Å². The van der Waals surface area contributed by atoms with Gasteiger partial charge in [0, 0.05) is 0 Å². The number of hydrogen-bond donors (Lipinski definition) is 0. The lowest BCUT2D eigenvalue weighted by Gasteiger charge is -2.40. The molecule has 0 saturated carbocycles. The molecule has 1 saturated heterocycles. The van der Waals surface area contributed by atoms with Gasteiger partial charge in [-0.2, -0.15) is 0 Å². The summed E-state index contributed by atoms with van der Waals surface area (Å²) in [6, 6.07) is 9.55. The van der Waals surface area contributed by atoms with Gasteiger partial charge in [0.25, 0.3) is 0 Å². The summed E-state index contributed by atoms with van der Waals surface area (Å²) in [5.74, 6) is -0.223. The zero-order valence-electron chi connectivity index (χ0n) is 18.5. The number of carbonyl (C=O) groups excluding carboxylic acids is 2. The van der Waals surface area contributed by atoms with Gasteiger partial charge in [0.2, 0.25) is 5.91 Å². The lowest BCUT2D eigenvalue weighted by molar-refractivity contribution is -0.128. The van der Waals surface area contributed by atoms with Crippen molar-refractivity contribution in [2.45, 2.75) is 90.3 Å². The van der Waals surface area contributed by atoms with Crippen LogP contribution in [0.3, 0.4) is 0 Å². The first-order chi connectivity index (χ1) is 12.7. The highest BCUT2D eigenvalue weighted by Gasteiger charge is 2.49. The van der Waals surface area contributed by atoms with Crippen LogP contribution in [-0.2, 0) is 20.4 Å². The third-order valence-electron chi connectivity index (χ3n) is 5.54. The minimum atomic E-state index is -2.10. The van der Waals surface area contributed by atoms with Crippen LogP contribution < -0.4 is 0 Å². The van der Waals surface area contributed by atoms with Crippen LogP contribution in [0.5, 0.6) is 0 Å². The van der Waals surface area contributed by atoms with Crippen molar-refractivity contribution in [3.63, 3.8) is 0 Å². The Labute approximate surface area is 170 Å². The molecule has 1 aromatic carbocycles. The van der Waals surface area contributed by atoms with Gasteiger partial charge >= 0.3 is 6.09 Å². The van der Waals surface area contributed by atoms with Gasteiger partial charge in [0.1, 0.15) is 5.60 Å². The van der Waals surface area contributed by atoms with Gasteiger partial charge in [-0.05, 0) is 50.9 Å². The number of nitrogens with zero attached hydrogens (tertiary/aromatic N) is 1. The van der Waals surface area contributed by atoms with Crippen molar-refractivity contribution in [2.24, 2.45) is 0 Å². The average molecular weight is 406 g/mol. The van der Waals surface area contributed by atoms with Crippen molar-refractivity contribution in [1.82, 2.24) is 4.90 Å². The minimum absolute atomic E-state index is 0.0205. The number of likely N-dealkylation sites (tertiary alicyclic amines) is 1. The maximum atomic E-state index is 12.8. The summed E-state index contributed by atoms with van der Waals surface area (Å²) in [4.78, 5) is 26.9. The van der Waals surface area contributed by atoms with Crippen LogP contribution in [0.15, 0.2) is 30.3 Å². The molecule has 0 N–H and O–H groups in total. The molecule has 2 amide bonds. The zero-order valence-corrected chi connectivity index (χ0v) is 19.5. The van der Waals surface area contributed by atoms with E-state index in [1.54, 1.807) is 20.8 Å². The van der Waals surface area contributed by atoms with E-state index in [2.05, 4.69) is 33.9 Å². The normalized spacial score (nSPS) is 21.1. The molecule has 0 aromatic heterocycles. The summed E-state index contributed by atoms with van der Waals surface area (Å²) in [5.41, 5.74) is 0.409. The molecule has 0 unspecified atom stereocenters. The van der Waals surface area contributed by atoms with Crippen LogP contribution in [0.4, 0.5) is 4.79 Å². The fraction of sp³-hybridized carbons (Fsp3) is 0.636. The molecule has 0 spiro atoms. The number of rotatable bonds is 4. The van der Waals surface area contributed by atoms with Crippen molar-refractivity contribution in [2.75, 3.05) is 0 Å². The lowest BCUT2D eigenvalue weighted by atomic mass is 10.0. The number of amides is 2. The predicted octanol–water partition coefficient (Wildman–Crippen LogP) is 5.16. The Morgan fingerprint density at radius 1 is 1.11 bits per heavy atom. The van der Waals surface area contributed by atoms with Gasteiger partial charge in [-0.15, -0.1) is 0 Å². The topological polar surface area (TPSA) is 55.8 Å². The van der Waals surface area contributed by atoms with E-state index in [9.17, 15) is 9.59 Å². The first-order valence-electron chi connectivity index (χ1n) is 9.98. The molecule has 1 aliphatic heterocycles.